The molecule has 0 saturated carbocycles. The van der Waals surface area contributed by atoms with Crippen LogP contribution in [-0.4, -0.2) is 60.4 Å². The monoisotopic (exact) mass is 643 g/mol. The normalized spacial score (nSPS) is 16.9. The van der Waals surface area contributed by atoms with Crippen molar-refractivity contribution in [3.63, 3.8) is 0 Å². The lowest BCUT2D eigenvalue weighted by atomic mass is 10.2. The summed E-state index contributed by atoms with van der Waals surface area (Å²) < 4.78 is 25.3. The van der Waals surface area contributed by atoms with Gasteiger partial charge in [-0.25, -0.2) is 9.59 Å². The first-order chi connectivity index (χ1) is 22.4. The number of unbranched alkanes of at least 4 members (excludes halogenated alkanes) is 1. The van der Waals surface area contributed by atoms with Crippen LogP contribution >= 0.6 is 0 Å². The zero-order valence-electron chi connectivity index (χ0n) is 26.9. The number of amides is 2. The van der Waals surface area contributed by atoms with Gasteiger partial charge in [-0.3, -0.25) is 19.1 Å². The van der Waals surface area contributed by atoms with Crippen LogP contribution in [0.1, 0.15) is 77.4 Å². The number of carbonyl (C=O) groups excluding carboxylic acids is 2. The number of alkyl carbamates (subject to hydrolysis) is 1. The quantitative estimate of drug-likeness (QED) is 0.106. The Balaban J connectivity index is 1.38. The van der Waals surface area contributed by atoms with E-state index in [9.17, 15) is 23.6 Å². The second kappa shape index (κ2) is 24.2. The Morgan fingerprint density at radius 2 is 1.52 bits per heavy atom. The Labute approximate surface area is 270 Å². The molecular formula is C34H50FN5O6. The third-order valence-electron chi connectivity index (χ3n) is 6.85. The summed E-state index contributed by atoms with van der Waals surface area (Å²) in [5.41, 5.74) is -1.85. The maximum Gasteiger partial charge on any atom is 0.407 e. The average molecular weight is 644 g/mol. The lowest BCUT2D eigenvalue weighted by molar-refractivity contribution is -0.121. The molecule has 0 aliphatic carbocycles. The number of ether oxygens (including phenoxy) is 2. The second-order valence-electron chi connectivity index (χ2n) is 10.7. The van der Waals surface area contributed by atoms with Crippen LogP contribution in [0, 0.1) is 5.82 Å². The van der Waals surface area contributed by atoms with Gasteiger partial charge in [0, 0.05) is 32.6 Å². The first-order valence-electron chi connectivity index (χ1n) is 16.2. The first kappa shape index (κ1) is 38.2. The predicted molar refractivity (Wildman–Crippen MR) is 178 cm³/mol. The molecule has 11 nitrogen and oxygen atoms in total. The second-order valence-corrected chi connectivity index (χ2v) is 10.7. The lowest BCUT2D eigenvalue weighted by Crippen LogP contribution is -2.37. The number of aromatic amines is 1. The third kappa shape index (κ3) is 17.5. The van der Waals surface area contributed by atoms with Crippen molar-refractivity contribution >= 4 is 12.0 Å². The molecule has 0 bridgehead atoms. The zero-order chi connectivity index (χ0) is 33.2. The van der Waals surface area contributed by atoms with Crippen LogP contribution in [0.5, 0.6) is 0 Å². The Morgan fingerprint density at radius 1 is 0.913 bits per heavy atom. The molecule has 0 radical (unpaired) electrons. The lowest BCUT2D eigenvalue weighted by Gasteiger charge is -2.16. The minimum Gasteiger partial charge on any atom is -0.447 e. The molecule has 2 amide bonds. The Hall–Kier alpha value is -4.03. The topological polar surface area (TPSA) is 144 Å². The molecule has 2 atom stereocenters. The number of rotatable bonds is 22. The molecule has 1 aromatic rings. The minimum absolute atomic E-state index is 0.0165. The number of halogens is 1. The van der Waals surface area contributed by atoms with Crippen LogP contribution in [-0.2, 0) is 14.3 Å². The van der Waals surface area contributed by atoms with Crippen LogP contribution in [0.2, 0.25) is 0 Å². The molecule has 2 unspecified atom stereocenters. The fraction of sp³-hybridized carbons (Fsp3) is 0.529. The third-order valence-corrected chi connectivity index (χ3v) is 6.85. The van der Waals surface area contributed by atoms with Gasteiger partial charge in [0.1, 0.15) is 12.8 Å². The van der Waals surface area contributed by atoms with Gasteiger partial charge in [-0.1, -0.05) is 67.7 Å². The molecule has 2 heterocycles. The van der Waals surface area contributed by atoms with Gasteiger partial charge in [-0.05, 0) is 57.8 Å². The van der Waals surface area contributed by atoms with E-state index in [4.69, 9.17) is 9.47 Å². The van der Waals surface area contributed by atoms with Crippen molar-refractivity contribution in [3.05, 3.63) is 93.6 Å². The number of hydrogen-bond donors (Lipinski definition) is 4. The number of carbonyl (C=O) groups is 2. The van der Waals surface area contributed by atoms with Gasteiger partial charge in [0.2, 0.25) is 11.7 Å². The summed E-state index contributed by atoms with van der Waals surface area (Å²) >= 11 is 0. The molecule has 1 aliphatic rings. The largest absolute Gasteiger partial charge is 0.447 e. The molecule has 1 aromatic heterocycles. The Bertz CT molecular complexity index is 1300. The Morgan fingerprint density at radius 3 is 2.17 bits per heavy atom. The molecular weight excluding hydrogens is 593 g/mol. The van der Waals surface area contributed by atoms with E-state index in [1.807, 2.05) is 4.98 Å². The fourth-order valence-corrected chi connectivity index (χ4v) is 4.41. The van der Waals surface area contributed by atoms with E-state index >= 15 is 0 Å². The van der Waals surface area contributed by atoms with Crippen LogP contribution in [0.25, 0.3) is 0 Å². The van der Waals surface area contributed by atoms with E-state index in [2.05, 4.69) is 83.6 Å². The number of H-pyrrole nitrogens is 1. The van der Waals surface area contributed by atoms with E-state index < -0.39 is 35.5 Å². The average Bonchev–Trinajstić information content (AvgIpc) is 3.51. The van der Waals surface area contributed by atoms with Crippen molar-refractivity contribution in [1.82, 2.24) is 25.5 Å². The molecule has 2 rings (SSSR count). The highest BCUT2D eigenvalue weighted by Crippen LogP contribution is 2.27. The molecule has 46 heavy (non-hydrogen) atoms. The first-order valence-corrected chi connectivity index (χ1v) is 16.2. The summed E-state index contributed by atoms with van der Waals surface area (Å²) in [6, 6.07) is 0. The van der Waals surface area contributed by atoms with Gasteiger partial charge in [-0.15, -0.1) is 0 Å². The molecule has 1 aliphatic heterocycles. The smallest absolute Gasteiger partial charge is 0.407 e. The zero-order valence-corrected chi connectivity index (χ0v) is 26.9. The number of allylic oxidation sites excluding steroid dienone is 10. The molecule has 1 saturated heterocycles. The summed E-state index contributed by atoms with van der Waals surface area (Å²) in [5.74, 6) is -1.06. The van der Waals surface area contributed by atoms with E-state index in [-0.39, 0.29) is 12.5 Å². The number of aromatic nitrogens is 2. The van der Waals surface area contributed by atoms with Crippen LogP contribution < -0.4 is 27.2 Å². The highest BCUT2D eigenvalue weighted by atomic mass is 19.1. The highest BCUT2D eigenvalue weighted by Gasteiger charge is 2.28. The van der Waals surface area contributed by atoms with Crippen molar-refractivity contribution in [2.75, 3.05) is 32.8 Å². The van der Waals surface area contributed by atoms with Crippen LogP contribution in [0.3, 0.4) is 0 Å². The molecule has 4 N–H and O–H groups in total. The van der Waals surface area contributed by atoms with E-state index in [1.54, 1.807) is 0 Å². The number of hydrogen-bond acceptors (Lipinski definition) is 7. The summed E-state index contributed by atoms with van der Waals surface area (Å²) in [7, 11) is 0. The van der Waals surface area contributed by atoms with E-state index in [0.29, 0.717) is 45.4 Å². The van der Waals surface area contributed by atoms with Crippen molar-refractivity contribution in [2.45, 2.75) is 83.5 Å². The van der Waals surface area contributed by atoms with Crippen molar-refractivity contribution in [3.8, 4) is 0 Å². The Kier molecular flexibility index (Phi) is 20.1. The van der Waals surface area contributed by atoms with Crippen LogP contribution in [0.4, 0.5) is 9.18 Å². The minimum atomic E-state index is -1.08. The summed E-state index contributed by atoms with van der Waals surface area (Å²) in [6.45, 7) is 4.01. The van der Waals surface area contributed by atoms with E-state index in [1.165, 1.54) is 0 Å². The summed E-state index contributed by atoms with van der Waals surface area (Å²) in [4.78, 5) is 48.9. The van der Waals surface area contributed by atoms with Gasteiger partial charge in [-0.2, -0.15) is 4.39 Å². The molecule has 0 spiro atoms. The maximum absolute atomic E-state index is 13.5. The molecule has 254 valence electrons. The van der Waals surface area contributed by atoms with E-state index in [0.717, 1.165) is 55.7 Å². The van der Waals surface area contributed by atoms with Crippen LogP contribution in [0.15, 0.2) is 76.5 Å². The molecule has 1 fully saturated rings. The van der Waals surface area contributed by atoms with Crippen molar-refractivity contribution < 1.29 is 23.5 Å². The highest BCUT2D eigenvalue weighted by molar-refractivity contribution is 5.75. The van der Waals surface area contributed by atoms with Gasteiger partial charge < -0.3 is 25.4 Å². The SMILES string of the molecule is CC/C=C\C/C=C\C/C=C\C/C=C\C/C=C\CCCC(=O)NCCNCCNC(=O)OCC1CCC(n2cc(F)c(=O)[nH]c2=O)O1. The maximum atomic E-state index is 13.5. The molecule has 0 aromatic carbocycles. The fourth-order valence-electron chi connectivity index (χ4n) is 4.41. The van der Waals surface area contributed by atoms with Gasteiger partial charge in [0.05, 0.1) is 12.3 Å². The molecule has 12 heteroatoms. The summed E-state index contributed by atoms with van der Waals surface area (Å²) in [6.07, 6.45) is 28.6. The predicted octanol–water partition coefficient (Wildman–Crippen LogP) is 4.71. The van der Waals surface area contributed by atoms with Crippen molar-refractivity contribution in [1.29, 1.82) is 0 Å². The van der Waals surface area contributed by atoms with Gasteiger partial charge in [0.25, 0.3) is 5.56 Å². The number of nitrogens with one attached hydrogen (secondary N) is 4. The number of nitrogens with zero attached hydrogens (tertiary/aromatic N) is 1. The standard InChI is InChI=1S/C34H50FN5O6/c1-2-3-4-5-6-7-8-9-10-11-12-13-14-15-16-17-18-19-30(41)37-24-22-36-23-25-38-34(44)45-27-28-20-21-31(46-28)40-26-29(35)32(42)39-33(40)43/h3-4,6-7,9-10,12-13,15-16,26,28,31,36H,2,5,8,11,14,17-25,27H2,1H3,(H,37,41)(H,38,44)(H,39,42,43)/b4-3-,7-6-,10-9-,13-12-,16-15-. The van der Waals surface area contributed by atoms with Gasteiger partial charge in [0.15, 0.2) is 0 Å². The van der Waals surface area contributed by atoms with Gasteiger partial charge >= 0.3 is 11.8 Å². The van der Waals surface area contributed by atoms with Crippen molar-refractivity contribution in [2.24, 2.45) is 0 Å². The summed E-state index contributed by atoms with van der Waals surface area (Å²) in [5, 5.41) is 8.63.